The third-order valence-corrected chi connectivity index (χ3v) is 2.00. The maximum atomic E-state index is 11.9. The highest BCUT2D eigenvalue weighted by Crippen LogP contribution is 2.18. The van der Waals surface area contributed by atoms with Gasteiger partial charge in [0.05, 0.1) is 12.7 Å². The zero-order chi connectivity index (χ0) is 12.2. The Bertz CT molecular complexity index is 324. The molecule has 0 spiro atoms. The van der Waals surface area contributed by atoms with Gasteiger partial charge in [-0.25, -0.2) is 0 Å². The van der Waals surface area contributed by atoms with Crippen molar-refractivity contribution in [1.29, 1.82) is 0 Å². The molecule has 0 aromatic carbocycles. The Hall–Kier alpha value is -1.08. The molecule has 1 unspecified atom stereocenters. The van der Waals surface area contributed by atoms with Crippen LogP contribution >= 0.6 is 0 Å². The lowest BCUT2D eigenvalue weighted by atomic mass is 10.3. The van der Waals surface area contributed by atoms with Crippen molar-refractivity contribution in [2.45, 2.75) is 25.7 Å². The van der Waals surface area contributed by atoms with Crippen molar-refractivity contribution in [3.05, 3.63) is 18.0 Å². The van der Waals surface area contributed by atoms with Gasteiger partial charge in [0, 0.05) is 19.3 Å². The van der Waals surface area contributed by atoms with E-state index in [1.165, 1.54) is 0 Å². The van der Waals surface area contributed by atoms with Crippen molar-refractivity contribution >= 4 is 0 Å². The molecule has 1 aromatic heterocycles. The number of aryl methyl sites for hydroxylation is 1. The molecule has 92 valence electrons. The molecule has 16 heavy (non-hydrogen) atoms. The first-order valence-corrected chi connectivity index (χ1v) is 4.84. The van der Waals surface area contributed by atoms with Gasteiger partial charge < -0.3 is 10.4 Å². The Morgan fingerprint density at radius 2 is 2.25 bits per heavy atom. The number of aliphatic hydroxyl groups is 1. The Balaban J connectivity index is 2.17. The Morgan fingerprint density at radius 3 is 2.75 bits per heavy atom. The van der Waals surface area contributed by atoms with Crippen molar-refractivity contribution in [3.63, 3.8) is 0 Å². The van der Waals surface area contributed by atoms with Crippen LogP contribution in [-0.4, -0.2) is 40.3 Å². The van der Waals surface area contributed by atoms with E-state index in [0.717, 1.165) is 5.56 Å². The summed E-state index contributed by atoms with van der Waals surface area (Å²) in [7, 11) is 0. The fourth-order valence-corrected chi connectivity index (χ4v) is 1.14. The topological polar surface area (TPSA) is 50.1 Å². The molecule has 1 atom stereocenters. The predicted molar refractivity (Wildman–Crippen MR) is 51.9 cm³/mol. The van der Waals surface area contributed by atoms with Gasteiger partial charge in [0.15, 0.2) is 6.10 Å². The van der Waals surface area contributed by atoms with Gasteiger partial charge in [0.2, 0.25) is 0 Å². The van der Waals surface area contributed by atoms with Crippen LogP contribution in [0.2, 0.25) is 0 Å². The second-order valence-corrected chi connectivity index (χ2v) is 3.54. The van der Waals surface area contributed by atoms with Crippen LogP contribution in [-0.2, 0) is 6.54 Å². The molecular formula is C9H14F3N3O. The first-order valence-electron chi connectivity index (χ1n) is 4.84. The predicted octanol–water partition coefficient (Wildman–Crippen LogP) is 0.704. The SMILES string of the molecule is Cc1cnn(CCNCC(O)C(F)(F)F)c1. The summed E-state index contributed by atoms with van der Waals surface area (Å²) < 4.78 is 37.3. The summed E-state index contributed by atoms with van der Waals surface area (Å²) in [5, 5.41) is 15.2. The zero-order valence-corrected chi connectivity index (χ0v) is 8.83. The van der Waals surface area contributed by atoms with Crippen molar-refractivity contribution in [1.82, 2.24) is 15.1 Å². The molecule has 0 aliphatic rings. The fourth-order valence-electron chi connectivity index (χ4n) is 1.14. The molecule has 2 N–H and O–H groups in total. The molecule has 0 amide bonds. The maximum Gasteiger partial charge on any atom is 0.415 e. The highest BCUT2D eigenvalue weighted by atomic mass is 19.4. The first kappa shape index (κ1) is 13.0. The summed E-state index contributed by atoms with van der Waals surface area (Å²) in [6, 6.07) is 0. The van der Waals surface area contributed by atoms with Gasteiger partial charge in [-0.2, -0.15) is 18.3 Å². The van der Waals surface area contributed by atoms with E-state index in [2.05, 4.69) is 10.4 Å². The lowest BCUT2D eigenvalue weighted by Crippen LogP contribution is -2.39. The molecule has 0 aliphatic carbocycles. The standard InChI is InChI=1S/C9H14F3N3O/c1-7-4-14-15(6-7)3-2-13-5-8(16)9(10,11)12/h4,6,8,13,16H,2-3,5H2,1H3. The van der Waals surface area contributed by atoms with Gasteiger partial charge in [-0.05, 0) is 12.5 Å². The molecule has 4 nitrogen and oxygen atoms in total. The molecule has 1 rings (SSSR count). The van der Waals surface area contributed by atoms with Crippen LogP contribution in [0.4, 0.5) is 13.2 Å². The van der Waals surface area contributed by atoms with Crippen LogP contribution in [0.25, 0.3) is 0 Å². The summed E-state index contributed by atoms with van der Waals surface area (Å²) in [6.45, 7) is 2.18. The number of alkyl halides is 3. The van der Waals surface area contributed by atoms with Gasteiger partial charge in [-0.1, -0.05) is 0 Å². The van der Waals surface area contributed by atoms with E-state index in [1.807, 2.05) is 6.92 Å². The minimum Gasteiger partial charge on any atom is -0.382 e. The quantitative estimate of drug-likeness (QED) is 0.741. The second kappa shape index (κ2) is 5.31. The number of aliphatic hydroxyl groups excluding tert-OH is 1. The molecule has 0 saturated heterocycles. The largest absolute Gasteiger partial charge is 0.415 e. The second-order valence-electron chi connectivity index (χ2n) is 3.54. The van der Waals surface area contributed by atoms with E-state index < -0.39 is 18.8 Å². The van der Waals surface area contributed by atoms with Gasteiger partial charge in [-0.3, -0.25) is 4.68 Å². The van der Waals surface area contributed by atoms with Gasteiger partial charge in [0.1, 0.15) is 0 Å². The van der Waals surface area contributed by atoms with Gasteiger partial charge in [-0.15, -0.1) is 0 Å². The highest BCUT2D eigenvalue weighted by Gasteiger charge is 2.37. The number of aromatic nitrogens is 2. The molecule has 0 fully saturated rings. The molecule has 0 bridgehead atoms. The molecule has 0 aliphatic heterocycles. The normalized spacial score (nSPS) is 14.1. The fraction of sp³-hybridized carbons (Fsp3) is 0.667. The Morgan fingerprint density at radius 1 is 1.56 bits per heavy atom. The van der Waals surface area contributed by atoms with E-state index in [-0.39, 0.29) is 0 Å². The summed E-state index contributed by atoms with van der Waals surface area (Å²) in [5.41, 5.74) is 0.996. The van der Waals surface area contributed by atoms with E-state index in [0.29, 0.717) is 13.1 Å². The smallest absolute Gasteiger partial charge is 0.382 e. The molecule has 0 saturated carbocycles. The van der Waals surface area contributed by atoms with Gasteiger partial charge in [0.25, 0.3) is 0 Å². The van der Waals surface area contributed by atoms with E-state index in [1.54, 1.807) is 17.1 Å². The van der Waals surface area contributed by atoms with Gasteiger partial charge >= 0.3 is 6.18 Å². The lowest BCUT2D eigenvalue weighted by Gasteiger charge is -2.14. The third-order valence-electron chi connectivity index (χ3n) is 2.00. The van der Waals surface area contributed by atoms with Crippen LogP contribution in [0.1, 0.15) is 5.56 Å². The number of hydrogen-bond donors (Lipinski definition) is 2. The van der Waals surface area contributed by atoms with Crippen molar-refractivity contribution in [2.75, 3.05) is 13.1 Å². The monoisotopic (exact) mass is 237 g/mol. The Labute approximate surface area is 91.1 Å². The van der Waals surface area contributed by atoms with Crippen molar-refractivity contribution in [2.24, 2.45) is 0 Å². The minimum atomic E-state index is -4.56. The maximum absolute atomic E-state index is 11.9. The summed E-state index contributed by atoms with van der Waals surface area (Å²) in [4.78, 5) is 0. The Kier molecular flexibility index (Phi) is 4.31. The number of rotatable bonds is 5. The average molecular weight is 237 g/mol. The van der Waals surface area contributed by atoms with Crippen LogP contribution < -0.4 is 5.32 Å². The van der Waals surface area contributed by atoms with Crippen LogP contribution in [0.5, 0.6) is 0 Å². The first-order chi connectivity index (χ1) is 7.39. The highest BCUT2D eigenvalue weighted by molar-refractivity contribution is 4.99. The van der Waals surface area contributed by atoms with Crippen LogP contribution in [0.15, 0.2) is 12.4 Å². The molecule has 0 radical (unpaired) electrons. The number of nitrogens with one attached hydrogen (secondary N) is 1. The van der Waals surface area contributed by atoms with Crippen LogP contribution in [0, 0.1) is 6.92 Å². The third kappa shape index (κ3) is 4.19. The molecule has 7 heteroatoms. The minimum absolute atomic E-state index is 0.328. The summed E-state index contributed by atoms with van der Waals surface area (Å²) >= 11 is 0. The average Bonchev–Trinajstić information content (AvgIpc) is 2.57. The molecule has 1 aromatic rings. The number of halogens is 3. The summed E-state index contributed by atoms with van der Waals surface area (Å²) in [5.74, 6) is 0. The van der Waals surface area contributed by atoms with E-state index >= 15 is 0 Å². The van der Waals surface area contributed by atoms with E-state index in [4.69, 9.17) is 5.11 Å². The zero-order valence-electron chi connectivity index (χ0n) is 8.83. The van der Waals surface area contributed by atoms with E-state index in [9.17, 15) is 13.2 Å². The van der Waals surface area contributed by atoms with Crippen molar-refractivity contribution in [3.8, 4) is 0 Å². The van der Waals surface area contributed by atoms with Crippen molar-refractivity contribution < 1.29 is 18.3 Å². The molecule has 1 heterocycles. The molecular weight excluding hydrogens is 223 g/mol. The van der Waals surface area contributed by atoms with Crippen LogP contribution in [0.3, 0.4) is 0 Å². The number of hydrogen-bond acceptors (Lipinski definition) is 3. The number of nitrogens with zero attached hydrogens (tertiary/aromatic N) is 2. The summed E-state index contributed by atoms with van der Waals surface area (Å²) in [6.07, 6.45) is -3.41. The lowest BCUT2D eigenvalue weighted by molar-refractivity contribution is -0.201.